The van der Waals surface area contributed by atoms with Crippen LogP contribution in [0.3, 0.4) is 0 Å². The van der Waals surface area contributed by atoms with E-state index in [0.29, 0.717) is 6.61 Å². The van der Waals surface area contributed by atoms with Crippen molar-refractivity contribution >= 4 is 23.7 Å². The van der Waals surface area contributed by atoms with Crippen molar-refractivity contribution in [3.8, 4) is 0 Å². The monoisotopic (exact) mass is 234 g/mol. The summed E-state index contributed by atoms with van der Waals surface area (Å²) in [6.45, 7) is 5.57. The molecule has 0 saturated heterocycles. The number of esters is 1. The Bertz CT molecular complexity index is 225. The van der Waals surface area contributed by atoms with Crippen molar-refractivity contribution in [1.82, 2.24) is 0 Å². The molecular weight excluding hydrogens is 216 g/mol. The van der Waals surface area contributed by atoms with E-state index >= 15 is 0 Å². The van der Waals surface area contributed by atoms with Gasteiger partial charge in [-0.1, -0.05) is 13.3 Å². The Labute approximate surface area is 94.4 Å². The summed E-state index contributed by atoms with van der Waals surface area (Å²) in [6, 6.07) is 0. The Morgan fingerprint density at radius 3 is 2.47 bits per heavy atom. The van der Waals surface area contributed by atoms with Crippen molar-refractivity contribution in [3.63, 3.8) is 0 Å². The molecular formula is C10H18O4S. The van der Waals surface area contributed by atoms with Crippen LogP contribution >= 0.6 is 11.8 Å². The van der Waals surface area contributed by atoms with Gasteiger partial charge in [-0.15, -0.1) is 11.8 Å². The van der Waals surface area contributed by atoms with E-state index in [-0.39, 0.29) is 11.7 Å². The highest BCUT2D eigenvalue weighted by Gasteiger charge is 2.28. The third kappa shape index (κ3) is 6.38. The number of hydrogen-bond donors (Lipinski definition) is 1. The Kier molecular flexibility index (Phi) is 6.40. The van der Waals surface area contributed by atoms with Crippen molar-refractivity contribution in [2.75, 3.05) is 12.4 Å². The smallest absolute Gasteiger partial charge is 0.319 e. The van der Waals surface area contributed by atoms with Crippen LogP contribution in [0.1, 0.15) is 33.6 Å². The third-order valence-corrected chi connectivity index (χ3v) is 3.10. The molecule has 0 bridgehead atoms. The molecule has 88 valence electrons. The summed E-state index contributed by atoms with van der Waals surface area (Å²) in [6.07, 6.45) is 1.82. The zero-order valence-electron chi connectivity index (χ0n) is 9.41. The standard InChI is InChI=1S/C10H18O4S/c1-4-5-6-14-8(11)7-15-10(2,3)9(12)13/h4-7H2,1-3H3,(H,12,13). The highest BCUT2D eigenvalue weighted by molar-refractivity contribution is 8.01. The van der Waals surface area contributed by atoms with Gasteiger partial charge in [0.25, 0.3) is 0 Å². The summed E-state index contributed by atoms with van der Waals surface area (Å²) in [5.74, 6) is -1.18. The van der Waals surface area contributed by atoms with Crippen LogP contribution in [0.5, 0.6) is 0 Å². The summed E-state index contributed by atoms with van der Waals surface area (Å²) >= 11 is 1.08. The molecule has 0 aromatic carbocycles. The van der Waals surface area contributed by atoms with Crippen molar-refractivity contribution in [1.29, 1.82) is 0 Å². The zero-order chi connectivity index (χ0) is 11.9. The molecule has 0 atom stereocenters. The molecule has 15 heavy (non-hydrogen) atoms. The second-order valence-corrected chi connectivity index (χ2v) is 5.28. The first-order chi connectivity index (χ1) is 6.90. The highest BCUT2D eigenvalue weighted by atomic mass is 32.2. The first kappa shape index (κ1) is 14.3. The number of hydrogen-bond acceptors (Lipinski definition) is 4. The minimum absolute atomic E-state index is 0.0863. The van der Waals surface area contributed by atoms with Gasteiger partial charge >= 0.3 is 11.9 Å². The maximum atomic E-state index is 11.2. The molecule has 0 aliphatic carbocycles. The largest absolute Gasteiger partial charge is 0.480 e. The van der Waals surface area contributed by atoms with E-state index in [2.05, 4.69) is 0 Å². The van der Waals surface area contributed by atoms with Crippen LogP contribution in [0, 0.1) is 0 Å². The average molecular weight is 234 g/mol. The van der Waals surface area contributed by atoms with E-state index in [1.807, 2.05) is 6.92 Å². The number of carboxylic acid groups (broad SMARTS) is 1. The molecule has 0 unspecified atom stereocenters. The predicted octanol–water partition coefficient (Wildman–Crippen LogP) is 1.93. The fourth-order valence-corrected chi connectivity index (χ4v) is 1.36. The van der Waals surface area contributed by atoms with Gasteiger partial charge in [0.2, 0.25) is 0 Å². The van der Waals surface area contributed by atoms with Gasteiger partial charge in [-0.25, -0.2) is 0 Å². The number of thioether (sulfide) groups is 1. The Hall–Kier alpha value is -0.710. The lowest BCUT2D eigenvalue weighted by Gasteiger charge is -2.17. The minimum atomic E-state index is -0.941. The molecule has 0 fully saturated rings. The maximum absolute atomic E-state index is 11.2. The molecule has 0 radical (unpaired) electrons. The molecule has 0 aromatic rings. The Morgan fingerprint density at radius 2 is 2.00 bits per heavy atom. The molecule has 0 aliphatic rings. The van der Waals surface area contributed by atoms with Crippen molar-refractivity contribution < 1.29 is 19.4 Å². The first-order valence-electron chi connectivity index (χ1n) is 4.93. The molecule has 0 aromatic heterocycles. The zero-order valence-corrected chi connectivity index (χ0v) is 10.2. The van der Waals surface area contributed by atoms with Crippen LogP contribution in [-0.2, 0) is 14.3 Å². The number of carboxylic acids is 1. The van der Waals surface area contributed by atoms with E-state index < -0.39 is 10.7 Å². The normalized spacial score (nSPS) is 11.1. The lowest BCUT2D eigenvalue weighted by molar-refractivity contribution is -0.140. The van der Waals surface area contributed by atoms with Gasteiger partial charge in [-0.2, -0.15) is 0 Å². The number of ether oxygens (including phenoxy) is 1. The molecule has 0 spiro atoms. The van der Waals surface area contributed by atoms with Crippen molar-refractivity contribution in [3.05, 3.63) is 0 Å². The lowest BCUT2D eigenvalue weighted by atomic mass is 10.2. The van der Waals surface area contributed by atoms with E-state index in [1.165, 1.54) is 0 Å². The molecule has 0 saturated carbocycles. The molecule has 0 heterocycles. The van der Waals surface area contributed by atoms with E-state index in [4.69, 9.17) is 9.84 Å². The summed E-state index contributed by atoms with van der Waals surface area (Å²) in [7, 11) is 0. The molecule has 4 nitrogen and oxygen atoms in total. The summed E-state index contributed by atoms with van der Waals surface area (Å²) < 4.78 is 3.96. The van der Waals surface area contributed by atoms with E-state index in [9.17, 15) is 9.59 Å². The quantitative estimate of drug-likeness (QED) is 0.538. The Balaban J connectivity index is 3.75. The van der Waals surface area contributed by atoms with Gasteiger partial charge in [0.15, 0.2) is 0 Å². The second kappa shape index (κ2) is 6.71. The highest BCUT2D eigenvalue weighted by Crippen LogP contribution is 2.24. The third-order valence-electron chi connectivity index (χ3n) is 1.83. The molecule has 0 amide bonds. The van der Waals surface area contributed by atoms with Crippen LogP contribution in [-0.4, -0.2) is 34.2 Å². The second-order valence-electron chi connectivity index (χ2n) is 3.68. The van der Waals surface area contributed by atoms with Gasteiger partial charge in [0, 0.05) is 0 Å². The van der Waals surface area contributed by atoms with Crippen LogP contribution in [0.2, 0.25) is 0 Å². The van der Waals surface area contributed by atoms with Crippen molar-refractivity contribution in [2.24, 2.45) is 0 Å². The van der Waals surface area contributed by atoms with Crippen LogP contribution in [0.25, 0.3) is 0 Å². The molecule has 5 heteroatoms. The maximum Gasteiger partial charge on any atom is 0.319 e. The van der Waals surface area contributed by atoms with Gasteiger partial charge in [0.05, 0.1) is 12.4 Å². The van der Waals surface area contributed by atoms with E-state index in [1.54, 1.807) is 13.8 Å². The average Bonchev–Trinajstić information content (AvgIpc) is 2.15. The van der Waals surface area contributed by atoms with Gasteiger partial charge in [0.1, 0.15) is 4.75 Å². The lowest BCUT2D eigenvalue weighted by Crippen LogP contribution is -2.29. The van der Waals surface area contributed by atoms with Gasteiger partial charge < -0.3 is 9.84 Å². The minimum Gasteiger partial charge on any atom is -0.480 e. The van der Waals surface area contributed by atoms with E-state index in [0.717, 1.165) is 24.6 Å². The van der Waals surface area contributed by atoms with Crippen LogP contribution in [0.4, 0.5) is 0 Å². The number of carbonyl (C=O) groups excluding carboxylic acids is 1. The van der Waals surface area contributed by atoms with Crippen molar-refractivity contribution in [2.45, 2.75) is 38.4 Å². The van der Waals surface area contributed by atoms with Crippen LogP contribution < -0.4 is 0 Å². The Morgan fingerprint density at radius 1 is 1.40 bits per heavy atom. The molecule has 1 N–H and O–H groups in total. The fourth-order valence-electron chi connectivity index (χ4n) is 0.673. The fraction of sp³-hybridized carbons (Fsp3) is 0.800. The van der Waals surface area contributed by atoms with Gasteiger partial charge in [-0.3, -0.25) is 9.59 Å². The number of carbonyl (C=O) groups is 2. The first-order valence-corrected chi connectivity index (χ1v) is 5.91. The molecule has 0 rings (SSSR count). The number of unbranched alkanes of at least 4 members (excludes halogenated alkanes) is 1. The summed E-state index contributed by atoms with van der Waals surface area (Å²) in [4.78, 5) is 21.9. The molecule has 0 aliphatic heterocycles. The summed E-state index contributed by atoms with van der Waals surface area (Å²) in [5.41, 5.74) is 0. The SMILES string of the molecule is CCCCOC(=O)CSC(C)(C)C(=O)O. The number of rotatable bonds is 7. The van der Waals surface area contributed by atoms with Crippen LogP contribution in [0.15, 0.2) is 0 Å². The topological polar surface area (TPSA) is 63.6 Å². The van der Waals surface area contributed by atoms with Gasteiger partial charge in [-0.05, 0) is 20.3 Å². The predicted molar refractivity (Wildman–Crippen MR) is 60.0 cm³/mol. The summed E-state index contributed by atoms with van der Waals surface area (Å²) in [5, 5.41) is 8.80. The number of aliphatic carboxylic acids is 1.